The smallest absolute Gasteiger partial charge is 0.243 e. The first kappa shape index (κ1) is 15.0. The SMILES string of the molecule is Cc1ccc(S(=O)(=O)N2CC2C(=O)NC(C)(C)C)cc1. The summed E-state index contributed by atoms with van der Waals surface area (Å²) in [5.74, 6) is -0.242. The second kappa shape index (κ2) is 4.86. The number of sulfonamides is 1. The zero-order valence-electron chi connectivity index (χ0n) is 12.2. The third kappa shape index (κ3) is 3.19. The van der Waals surface area contributed by atoms with Crippen molar-refractivity contribution in [2.75, 3.05) is 6.54 Å². The number of hydrogen-bond acceptors (Lipinski definition) is 3. The molecule has 0 aliphatic carbocycles. The summed E-state index contributed by atoms with van der Waals surface area (Å²) in [5.41, 5.74) is 0.635. The Morgan fingerprint density at radius 2 is 1.80 bits per heavy atom. The van der Waals surface area contributed by atoms with Crippen molar-refractivity contribution in [3.63, 3.8) is 0 Å². The molecule has 0 saturated carbocycles. The molecule has 0 bridgehead atoms. The zero-order chi connectivity index (χ0) is 15.1. The molecule has 2 rings (SSSR count). The largest absolute Gasteiger partial charge is 0.350 e. The van der Waals surface area contributed by atoms with Crippen molar-refractivity contribution in [3.8, 4) is 0 Å². The standard InChI is InChI=1S/C14H20N2O3S/c1-10-5-7-11(8-6-10)20(18,19)16-9-12(16)13(17)15-14(2,3)4/h5-8,12H,9H2,1-4H3,(H,15,17). The van der Waals surface area contributed by atoms with Gasteiger partial charge in [-0.1, -0.05) is 17.7 Å². The quantitative estimate of drug-likeness (QED) is 0.855. The van der Waals surface area contributed by atoms with Gasteiger partial charge in [0.15, 0.2) is 0 Å². The summed E-state index contributed by atoms with van der Waals surface area (Å²) in [6.07, 6.45) is 0. The Hall–Kier alpha value is -1.40. The highest BCUT2D eigenvalue weighted by Crippen LogP contribution is 2.28. The van der Waals surface area contributed by atoms with E-state index in [4.69, 9.17) is 0 Å². The van der Waals surface area contributed by atoms with Gasteiger partial charge in [0.05, 0.1) is 4.90 Å². The maximum atomic E-state index is 12.3. The van der Waals surface area contributed by atoms with Crippen LogP contribution in [0.1, 0.15) is 26.3 Å². The first-order valence-corrected chi connectivity index (χ1v) is 7.96. The minimum absolute atomic E-state index is 0.231. The predicted molar refractivity (Wildman–Crippen MR) is 76.8 cm³/mol. The van der Waals surface area contributed by atoms with Crippen LogP contribution in [0.25, 0.3) is 0 Å². The average Bonchev–Trinajstić information content (AvgIpc) is 3.07. The minimum Gasteiger partial charge on any atom is -0.350 e. The molecular weight excluding hydrogens is 276 g/mol. The van der Waals surface area contributed by atoms with Crippen LogP contribution in [-0.2, 0) is 14.8 Å². The van der Waals surface area contributed by atoms with E-state index in [-0.39, 0.29) is 22.9 Å². The number of carbonyl (C=O) groups excluding carboxylic acids is 1. The Morgan fingerprint density at radius 3 is 2.30 bits per heavy atom. The number of aryl methyl sites for hydroxylation is 1. The Balaban J connectivity index is 2.11. The topological polar surface area (TPSA) is 66.2 Å². The minimum atomic E-state index is -3.56. The lowest BCUT2D eigenvalue weighted by atomic mass is 10.1. The highest BCUT2D eigenvalue weighted by atomic mass is 32.2. The van der Waals surface area contributed by atoms with E-state index in [1.807, 2.05) is 27.7 Å². The number of carbonyl (C=O) groups is 1. The van der Waals surface area contributed by atoms with Gasteiger partial charge in [0.1, 0.15) is 6.04 Å². The molecular formula is C14H20N2O3S. The molecule has 1 saturated heterocycles. The Kier molecular flexibility index (Phi) is 3.64. The van der Waals surface area contributed by atoms with E-state index in [0.717, 1.165) is 5.56 Å². The van der Waals surface area contributed by atoms with Crippen molar-refractivity contribution < 1.29 is 13.2 Å². The molecule has 20 heavy (non-hydrogen) atoms. The van der Waals surface area contributed by atoms with E-state index in [1.54, 1.807) is 24.3 Å². The van der Waals surface area contributed by atoms with Crippen molar-refractivity contribution in [1.82, 2.24) is 9.62 Å². The maximum Gasteiger partial charge on any atom is 0.243 e. The van der Waals surface area contributed by atoms with Crippen molar-refractivity contribution in [2.45, 2.75) is 44.2 Å². The summed E-state index contributed by atoms with van der Waals surface area (Å²) >= 11 is 0. The van der Waals surface area contributed by atoms with Crippen molar-refractivity contribution >= 4 is 15.9 Å². The summed E-state index contributed by atoms with van der Waals surface area (Å²) in [6.45, 7) is 7.75. The van der Waals surface area contributed by atoms with E-state index < -0.39 is 16.1 Å². The fourth-order valence-corrected chi connectivity index (χ4v) is 3.42. The van der Waals surface area contributed by atoms with Gasteiger partial charge in [-0.2, -0.15) is 4.31 Å². The predicted octanol–water partition coefficient (Wildman–Crippen LogP) is 1.28. The molecule has 1 heterocycles. The number of benzene rings is 1. The van der Waals surface area contributed by atoms with Crippen LogP contribution in [0.3, 0.4) is 0 Å². The van der Waals surface area contributed by atoms with E-state index in [1.165, 1.54) is 4.31 Å². The van der Waals surface area contributed by atoms with Crippen LogP contribution in [0, 0.1) is 6.92 Å². The van der Waals surface area contributed by atoms with Gasteiger partial charge < -0.3 is 5.32 Å². The van der Waals surface area contributed by atoms with Crippen molar-refractivity contribution in [3.05, 3.63) is 29.8 Å². The molecule has 0 spiro atoms. The Morgan fingerprint density at radius 1 is 1.25 bits per heavy atom. The Bertz CT molecular complexity index is 615. The lowest BCUT2D eigenvalue weighted by Gasteiger charge is -2.20. The fourth-order valence-electron chi connectivity index (χ4n) is 1.90. The third-order valence-electron chi connectivity index (χ3n) is 3.00. The molecule has 1 N–H and O–H groups in total. The molecule has 1 aromatic carbocycles. The first-order chi connectivity index (χ1) is 9.11. The molecule has 2 atom stereocenters. The number of nitrogens with one attached hydrogen (secondary N) is 1. The Labute approximate surface area is 120 Å². The van der Waals surface area contributed by atoms with Gasteiger partial charge in [0.25, 0.3) is 0 Å². The van der Waals surface area contributed by atoms with Gasteiger partial charge in [-0.25, -0.2) is 8.42 Å². The lowest BCUT2D eigenvalue weighted by Crippen LogP contribution is -2.44. The maximum absolute atomic E-state index is 12.3. The molecule has 1 aliphatic heterocycles. The highest BCUT2D eigenvalue weighted by molar-refractivity contribution is 7.89. The van der Waals surface area contributed by atoms with E-state index in [2.05, 4.69) is 5.32 Å². The molecule has 1 aromatic rings. The molecule has 0 aromatic heterocycles. The van der Waals surface area contributed by atoms with Crippen LogP contribution in [0.2, 0.25) is 0 Å². The fraction of sp³-hybridized carbons (Fsp3) is 0.500. The molecule has 1 aliphatic rings. The van der Waals surface area contributed by atoms with Crippen LogP contribution >= 0.6 is 0 Å². The van der Waals surface area contributed by atoms with Crippen LogP contribution in [0.4, 0.5) is 0 Å². The van der Waals surface area contributed by atoms with Gasteiger partial charge in [-0.15, -0.1) is 0 Å². The normalized spacial score (nSPS) is 22.4. The summed E-state index contributed by atoms with van der Waals surface area (Å²) < 4.78 is 25.9. The number of nitrogens with zero attached hydrogens (tertiary/aromatic N) is 1. The molecule has 1 amide bonds. The second-order valence-electron chi connectivity index (χ2n) is 6.14. The van der Waals surface area contributed by atoms with Gasteiger partial charge >= 0.3 is 0 Å². The summed E-state index contributed by atoms with van der Waals surface area (Å²) in [4.78, 5) is 12.2. The van der Waals surface area contributed by atoms with E-state index in [9.17, 15) is 13.2 Å². The third-order valence-corrected chi connectivity index (χ3v) is 4.88. The zero-order valence-corrected chi connectivity index (χ0v) is 13.0. The number of hydrogen-bond donors (Lipinski definition) is 1. The second-order valence-corrected chi connectivity index (χ2v) is 8.03. The van der Waals surface area contributed by atoms with E-state index in [0.29, 0.717) is 0 Å². The van der Waals surface area contributed by atoms with Crippen LogP contribution in [-0.4, -0.2) is 36.8 Å². The molecule has 1 fully saturated rings. The summed E-state index contributed by atoms with van der Waals surface area (Å²) in [7, 11) is -3.56. The molecule has 6 heteroatoms. The highest BCUT2D eigenvalue weighted by Gasteiger charge is 2.49. The van der Waals surface area contributed by atoms with Crippen LogP contribution < -0.4 is 5.32 Å². The first-order valence-electron chi connectivity index (χ1n) is 6.52. The average molecular weight is 296 g/mol. The van der Waals surface area contributed by atoms with Crippen LogP contribution in [0.5, 0.6) is 0 Å². The van der Waals surface area contributed by atoms with Crippen LogP contribution in [0.15, 0.2) is 29.2 Å². The monoisotopic (exact) mass is 296 g/mol. The molecule has 2 unspecified atom stereocenters. The number of amides is 1. The van der Waals surface area contributed by atoms with Gasteiger partial charge in [0, 0.05) is 12.1 Å². The van der Waals surface area contributed by atoms with Gasteiger partial charge in [-0.05, 0) is 39.8 Å². The van der Waals surface area contributed by atoms with Crippen molar-refractivity contribution in [2.24, 2.45) is 0 Å². The van der Waals surface area contributed by atoms with Gasteiger partial charge in [-0.3, -0.25) is 4.79 Å². The van der Waals surface area contributed by atoms with Gasteiger partial charge in [0.2, 0.25) is 15.9 Å². The number of rotatable bonds is 3. The summed E-state index contributed by atoms with van der Waals surface area (Å²) in [6, 6.07) is 6.06. The van der Waals surface area contributed by atoms with E-state index >= 15 is 0 Å². The molecule has 0 radical (unpaired) electrons. The molecule has 110 valence electrons. The summed E-state index contributed by atoms with van der Waals surface area (Å²) in [5, 5.41) is 2.80. The molecule has 5 nitrogen and oxygen atoms in total. The van der Waals surface area contributed by atoms with Crippen molar-refractivity contribution in [1.29, 1.82) is 0 Å². The lowest BCUT2D eigenvalue weighted by molar-refractivity contribution is -0.122.